The van der Waals surface area contributed by atoms with Gasteiger partial charge in [0.2, 0.25) is 5.91 Å². The Bertz CT molecular complexity index is 337. The van der Waals surface area contributed by atoms with E-state index in [1.807, 2.05) is 0 Å². The molecular weight excluding hydrogens is 353 g/mol. The minimum absolute atomic E-state index is 0. The molecule has 0 saturated carbocycles. The van der Waals surface area contributed by atoms with Crippen LogP contribution in [-0.4, -0.2) is 30.4 Å². The number of carboxylic acids is 1. The van der Waals surface area contributed by atoms with Gasteiger partial charge in [0.25, 0.3) is 0 Å². The van der Waals surface area contributed by atoms with Gasteiger partial charge >= 0.3 is 51.4 Å². The Morgan fingerprint density at radius 3 is 1.38 bits per heavy atom. The first-order chi connectivity index (χ1) is 12.1. The predicted molar refractivity (Wildman–Crippen MR) is 102 cm³/mol. The van der Waals surface area contributed by atoms with Crippen molar-refractivity contribution in [3.8, 4) is 0 Å². The van der Waals surface area contributed by atoms with Crippen LogP contribution in [0.2, 0.25) is 0 Å². The van der Waals surface area contributed by atoms with Crippen LogP contribution in [0.4, 0.5) is 0 Å². The molecule has 0 atom stereocenters. The Labute approximate surface area is 204 Å². The molecule has 0 aliphatic rings. The van der Waals surface area contributed by atoms with E-state index in [9.17, 15) is 14.7 Å². The molecule has 0 aliphatic carbocycles. The number of carbonyl (C=O) groups is 2. The van der Waals surface area contributed by atoms with Gasteiger partial charge in [-0.1, -0.05) is 96.8 Å². The molecule has 0 bridgehead atoms. The van der Waals surface area contributed by atoms with Crippen LogP contribution in [-0.2, 0) is 9.59 Å². The zero-order valence-electron chi connectivity index (χ0n) is 17.7. The summed E-state index contributed by atoms with van der Waals surface area (Å²) in [6, 6.07) is 0. The Hall–Kier alpha value is 0.576. The maximum Gasteiger partial charge on any atom is 1.00 e. The number of hydrogen-bond donors (Lipinski definition) is 0. The average molecular weight is 394 g/mol. The van der Waals surface area contributed by atoms with Crippen molar-refractivity contribution >= 4 is 11.9 Å². The summed E-state index contributed by atoms with van der Waals surface area (Å²) in [6.07, 6.45) is 19.9. The summed E-state index contributed by atoms with van der Waals surface area (Å²) in [6.45, 7) is 1.95. The van der Waals surface area contributed by atoms with Gasteiger partial charge < -0.3 is 14.8 Å². The van der Waals surface area contributed by atoms with Crippen molar-refractivity contribution in [2.45, 2.75) is 110 Å². The molecule has 4 nitrogen and oxygen atoms in total. The minimum atomic E-state index is -1.20. The molecule has 0 saturated heterocycles. The second kappa shape index (κ2) is 21.9. The van der Waals surface area contributed by atoms with Crippen molar-refractivity contribution in [2.24, 2.45) is 0 Å². The molecule has 0 aliphatic heterocycles. The zero-order chi connectivity index (χ0) is 18.8. The van der Waals surface area contributed by atoms with Gasteiger partial charge in [-0.15, -0.1) is 0 Å². The van der Waals surface area contributed by atoms with Gasteiger partial charge in [-0.25, -0.2) is 0 Å². The summed E-state index contributed by atoms with van der Waals surface area (Å²) in [5.74, 6) is -1.30. The molecule has 26 heavy (non-hydrogen) atoms. The van der Waals surface area contributed by atoms with Crippen molar-refractivity contribution < 1.29 is 66.1 Å². The van der Waals surface area contributed by atoms with Gasteiger partial charge in [0.05, 0.1) is 12.5 Å². The molecule has 0 heterocycles. The van der Waals surface area contributed by atoms with Crippen LogP contribution in [0.25, 0.3) is 0 Å². The number of hydrogen-bond acceptors (Lipinski definition) is 3. The third-order valence-electron chi connectivity index (χ3n) is 4.79. The van der Waals surface area contributed by atoms with Crippen LogP contribution in [0.15, 0.2) is 0 Å². The summed E-state index contributed by atoms with van der Waals surface area (Å²) in [4.78, 5) is 23.3. The van der Waals surface area contributed by atoms with E-state index in [1.165, 1.54) is 95.4 Å². The van der Waals surface area contributed by atoms with Crippen molar-refractivity contribution in [1.29, 1.82) is 0 Å². The maximum atomic E-state index is 11.6. The summed E-state index contributed by atoms with van der Waals surface area (Å²) in [5, 5.41) is 10.4. The quantitative estimate of drug-likeness (QED) is 0.262. The smallest absolute Gasteiger partial charge is 0.548 e. The number of carbonyl (C=O) groups excluding carboxylic acids is 2. The molecular formula is C21H40KNO3. The Kier molecular flexibility index (Phi) is 24.2. The van der Waals surface area contributed by atoms with Crippen LogP contribution in [0.1, 0.15) is 110 Å². The van der Waals surface area contributed by atoms with Crippen molar-refractivity contribution in [3.63, 3.8) is 0 Å². The van der Waals surface area contributed by atoms with Crippen LogP contribution >= 0.6 is 0 Å². The first-order valence-corrected chi connectivity index (χ1v) is 10.5. The van der Waals surface area contributed by atoms with Crippen LogP contribution in [0.3, 0.4) is 0 Å². The number of aliphatic carboxylic acids is 1. The van der Waals surface area contributed by atoms with Crippen LogP contribution in [0.5, 0.6) is 0 Å². The molecule has 0 radical (unpaired) electrons. The van der Waals surface area contributed by atoms with E-state index in [1.54, 1.807) is 0 Å². The number of carboxylic acid groups (broad SMARTS) is 1. The monoisotopic (exact) mass is 393 g/mol. The molecule has 5 heteroatoms. The average Bonchev–Trinajstić information content (AvgIpc) is 2.57. The van der Waals surface area contributed by atoms with Gasteiger partial charge in [0, 0.05) is 13.5 Å². The van der Waals surface area contributed by atoms with E-state index < -0.39 is 5.97 Å². The fourth-order valence-corrected chi connectivity index (χ4v) is 3.12. The Balaban J connectivity index is 0. The standard InChI is InChI=1S/C21H41NO3.K/c1-3-4-5-6-7-8-9-10-11-12-13-14-15-16-17-18-20(23)22(2)19-21(24)25;/h3-19H2,1-2H3,(H,24,25);/q;+1/p-1. The third-order valence-corrected chi connectivity index (χ3v) is 4.79. The van der Waals surface area contributed by atoms with E-state index in [2.05, 4.69) is 6.92 Å². The molecule has 148 valence electrons. The third kappa shape index (κ3) is 20.9. The number of unbranched alkanes of at least 4 members (excludes halogenated alkanes) is 14. The van der Waals surface area contributed by atoms with Crippen molar-refractivity contribution in [3.05, 3.63) is 0 Å². The van der Waals surface area contributed by atoms with Crippen molar-refractivity contribution in [2.75, 3.05) is 13.6 Å². The second-order valence-electron chi connectivity index (χ2n) is 7.32. The fraction of sp³-hybridized carbons (Fsp3) is 0.905. The van der Waals surface area contributed by atoms with Gasteiger partial charge in [0.1, 0.15) is 0 Å². The van der Waals surface area contributed by atoms with E-state index in [-0.39, 0.29) is 63.8 Å². The normalized spacial score (nSPS) is 10.4. The zero-order valence-corrected chi connectivity index (χ0v) is 20.8. The topological polar surface area (TPSA) is 60.4 Å². The number of nitrogens with zero attached hydrogens (tertiary/aromatic N) is 1. The van der Waals surface area contributed by atoms with E-state index in [0.717, 1.165) is 12.8 Å². The minimum Gasteiger partial charge on any atom is -0.548 e. The van der Waals surface area contributed by atoms with Gasteiger partial charge in [-0.05, 0) is 6.42 Å². The van der Waals surface area contributed by atoms with Crippen LogP contribution < -0.4 is 56.5 Å². The van der Waals surface area contributed by atoms with E-state index in [0.29, 0.717) is 6.42 Å². The molecule has 0 rings (SSSR count). The molecule has 0 spiro atoms. The van der Waals surface area contributed by atoms with Gasteiger partial charge in [-0.2, -0.15) is 0 Å². The number of amides is 1. The number of rotatable bonds is 18. The fourth-order valence-electron chi connectivity index (χ4n) is 3.12. The SMILES string of the molecule is CCCCCCCCCCCCCCCCCC(=O)N(C)CC(=O)[O-].[K+]. The molecule has 0 aromatic carbocycles. The Morgan fingerprint density at radius 2 is 1.04 bits per heavy atom. The summed E-state index contributed by atoms with van der Waals surface area (Å²) >= 11 is 0. The second-order valence-corrected chi connectivity index (χ2v) is 7.32. The van der Waals surface area contributed by atoms with Gasteiger partial charge in [0.15, 0.2) is 0 Å². The van der Waals surface area contributed by atoms with E-state index >= 15 is 0 Å². The largest absolute Gasteiger partial charge is 1.00 e. The first-order valence-electron chi connectivity index (χ1n) is 10.5. The Morgan fingerprint density at radius 1 is 0.692 bits per heavy atom. The van der Waals surface area contributed by atoms with Crippen LogP contribution in [0, 0.1) is 0 Å². The van der Waals surface area contributed by atoms with Crippen molar-refractivity contribution in [1.82, 2.24) is 4.90 Å². The molecule has 0 aromatic heterocycles. The molecule has 0 fully saturated rings. The van der Waals surface area contributed by atoms with E-state index in [4.69, 9.17) is 0 Å². The predicted octanol–water partition coefficient (Wildman–Crippen LogP) is 1.46. The first kappa shape index (κ1) is 28.8. The molecule has 0 N–H and O–H groups in total. The molecule has 0 aromatic rings. The molecule has 0 unspecified atom stereocenters. The summed E-state index contributed by atoms with van der Waals surface area (Å²) < 4.78 is 0. The maximum absolute atomic E-state index is 11.6. The summed E-state index contributed by atoms with van der Waals surface area (Å²) in [7, 11) is 1.52. The molecule has 1 amide bonds. The number of likely N-dealkylation sites (N-methyl/N-ethyl adjacent to an activating group) is 1. The van der Waals surface area contributed by atoms with Gasteiger partial charge in [-0.3, -0.25) is 4.79 Å². The summed E-state index contributed by atoms with van der Waals surface area (Å²) in [5.41, 5.74) is 0.